The van der Waals surface area contributed by atoms with E-state index in [9.17, 15) is 14.4 Å². The minimum Gasteiger partial charge on any atom is -0.458 e. The molecule has 0 bridgehead atoms. The molecule has 1 aliphatic heterocycles. The number of esters is 2. The van der Waals surface area contributed by atoms with E-state index in [0.29, 0.717) is 20.6 Å². The molecule has 1 unspecified atom stereocenters. The molecule has 0 amide bonds. The lowest BCUT2D eigenvalue weighted by Crippen LogP contribution is -2.39. The van der Waals surface area contributed by atoms with E-state index >= 15 is 0 Å². The van der Waals surface area contributed by atoms with Crippen molar-refractivity contribution in [1.82, 2.24) is 4.57 Å². The summed E-state index contributed by atoms with van der Waals surface area (Å²) in [5.41, 5.74) is 3.03. The van der Waals surface area contributed by atoms with Crippen LogP contribution in [0.4, 0.5) is 0 Å². The minimum absolute atomic E-state index is 0.0157. The number of hydrogen-bond donors (Lipinski definition) is 0. The van der Waals surface area contributed by atoms with Gasteiger partial charge in [-0.25, -0.2) is 14.6 Å². The standard InChI is InChI=1S/C30H24N2O6S/c1-4-15-37-29(35)25-19(3)31-30-32(27(33)24(39-30)17-20-9-7-18(2)8-10-20)26(25)21-11-13-22(14-12-21)38-28(34)23-6-5-16-36-23/h4-14,16-17,26H,1,15H2,2-3H3. The van der Waals surface area contributed by atoms with Gasteiger partial charge in [0.1, 0.15) is 12.4 Å². The molecule has 2 aromatic heterocycles. The number of carbonyl (C=O) groups is 2. The number of aromatic nitrogens is 1. The SMILES string of the molecule is C=CCOC(=O)C1=C(C)N=c2sc(=Cc3ccc(C)cc3)c(=O)n2C1c1ccc(OC(=O)c2ccco2)cc1. The zero-order valence-corrected chi connectivity index (χ0v) is 22.1. The Morgan fingerprint density at radius 1 is 1.08 bits per heavy atom. The topological polar surface area (TPSA) is 100 Å². The number of rotatable bonds is 7. The van der Waals surface area contributed by atoms with Crippen molar-refractivity contribution in [1.29, 1.82) is 0 Å². The monoisotopic (exact) mass is 540 g/mol. The van der Waals surface area contributed by atoms with E-state index in [-0.39, 0.29) is 29.2 Å². The van der Waals surface area contributed by atoms with Gasteiger partial charge in [0.15, 0.2) is 4.80 Å². The Bertz CT molecular complexity index is 1760. The van der Waals surface area contributed by atoms with Crippen LogP contribution in [0.1, 0.15) is 40.2 Å². The molecule has 0 saturated heterocycles. The molecule has 0 aliphatic carbocycles. The number of hydrogen-bond acceptors (Lipinski definition) is 8. The summed E-state index contributed by atoms with van der Waals surface area (Å²) in [7, 11) is 0. The molecule has 8 nitrogen and oxygen atoms in total. The van der Waals surface area contributed by atoms with E-state index in [1.807, 2.05) is 37.3 Å². The van der Waals surface area contributed by atoms with Gasteiger partial charge in [-0.2, -0.15) is 0 Å². The molecule has 196 valence electrons. The number of aryl methyl sites for hydroxylation is 1. The average Bonchev–Trinajstić information content (AvgIpc) is 3.57. The lowest BCUT2D eigenvalue weighted by atomic mass is 9.96. The molecular formula is C30H24N2O6S. The Labute approximate surface area is 227 Å². The van der Waals surface area contributed by atoms with Gasteiger partial charge in [-0.05, 0) is 55.3 Å². The fraction of sp³-hybridized carbons (Fsp3) is 0.133. The lowest BCUT2D eigenvalue weighted by Gasteiger charge is -2.24. The molecule has 3 heterocycles. The maximum absolute atomic E-state index is 13.7. The van der Waals surface area contributed by atoms with Gasteiger partial charge < -0.3 is 13.9 Å². The smallest absolute Gasteiger partial charge is 0.379 e. The molecule has 0 N–H and O–H groups in total. The van der Waals surface area contributed by atoms with Crippen LogP contribution in [0.25, 0.3) is 6.08 Å². The normalized spacial score (nSPS) is 14.9. The molecule has 1 aliphatic rings. The Balaban J connectivity index is 1.58. The third-order valence-corrected chi connectivity index (χ3v) is 7.06. The summed E-state index contributed by atoms with van der Waals surface area (Å²) in [6.07, 6.45) is 4.67. The Morgan fingerprint density at radius 2 is 1.82 bits per heavy atom. The van der Waals surface area contributed by atoms with Gasteiger partial charge in [0.25, 0.3) is 5.56 Å². The minimum atomic E-state index is -0.798. The first-order valence-electron chi connectivity index (χ1n) is 12.1. The van der Waals surface area contributed by atoms with E-state index in [0.717, 1.165) is 11.1 Å². The zero-order valence-electron chi connectivity index (χ0n) is 21.2. The molecule has 0 spiro atoms. The van der Waals surface area contributed by atoms with Crippen molar-refractivity contribution < 1.29 is 23.5 Å². The highest BCUT2D eigenvalue weighted by Gasteiger charge is 2.33. The molecule has 2 aromatic carbocycles. The van der Waals surface area contributed by atoms with Crippen molar-refractivity contribution in [2.45, 2.75) is 19.9 Å². The van der Waals surface area contributed by atoms with Gasteiger partial charge in [-0.3, -0.25) is 9.36 Å². The summed E-state index contributed by atoms with van der Waals surface area (Å²) in [4.78, 5) is 44.2. The van der Waals surface area contributed by atoms with Crippen molar-refractivity contribution in [3.63, 3.8) is 0 Å². The summed E-state index contributed by atoms with van der Waals surface area (Å²) < 4.78 is 17.8. The molecule has 4 aromatic rings. The number of carbonyl (C=O) groups excluding carboxylic acids is 2. The Morgan fingerprint density at radius 3 is 2.49 bits per heavy atom. The van der Waals surface area contributed by atoms with Crippen LogP contribution in [0.3, 0.4) is 0 Å². The Hall–Kier alpha value is -4.76. The third-order valence-electron chi connectivity index (χ3n) is 6.08. The molecule has 9 heteroatoms. The van der Waals surface area contributed by atoms with Crippen LogP contribution in [-0.4, -0.2) is 23.1 Å². The van der Waals surface area contributed by atoms with Crippen LogP contribution in [0.15, 0.2) is 105 Å². The van der Waals surface area contributed by atoms with Crippen molar-refractivity contribution in [2.75, 3.05) is 6.61 Å². The first-order valence-corrected chi connectivity index (χ1v) is 12.9. The van der Waals surface area contributed by atoms with Crippen molar-refractivity contribution in [2.24, 2.45) is 4.99 Å². The molecule has 0 fully saturated rings. The fourth-order valence-corrected chi connectivity index (χ4v) is 5.24. The van der Waals surface area contributed by atoms with E-state index in [1.54, 1.807) is 37.3 Å². The highest BCUT2D eigenvalue weighted by Crippen LogP contribution is 2.31. The molecular weight excluding hydrogens is 516 g/mol. The second-order valence-electron chi connectivity index (χ2n) is 8.82. The van der Waals surface area contributed by atoms with Crippen molar-refractivity contribution in [3.05, 3.63) is 133 Å². The van der Waals surface area contributed by atoms with Gasteiger partial charge in [-0.15, -0.1) is 0 Å². The summed E-state index contributed by atoms with van der Waals surface area (Å²) in [6, 6.07) is 16.7. The lowest BCUT2D eigenvalue weighted by molar-refractivity contribution is -0.138. The molecule has 0 radical (unpaired) electrons. The van der Waals surface area contributed by atoms with Gasteiger partial charge in [-0.1, -0.05) is 66.0 Å². The molecule has 39 heavy (non-hydrogen) atoms. The predicted octanol–water partition coefficient (Wildman–Crippen LogP) is 4.09. The Kier molecular flexibility index (Phi) is 7.25. The molecule has 0 saturated carbocycles. The summed E-state index contributed by atoms with van der Waals surface area (Å²) in [5, 5.41) is 0. The van der Waals surface area contributed by atoms with Gasteiger partial charge in [0, 0.05) is 0 Å². The number of fused-ring (bicyclic) bond motifs is 1. The van der Waals surface area contributed by atoms with Crippen LogP contribution in [0, 0.1) is 6.92 Å². The summed E-state index contributed by atoms with van der Waals surface area (Å²) in [5.74, 6) is -0.877. The van der Waals surface area contributed by atoms with Crippen LogP contribution in [0.2, 0.25) is 0 Å². The number of allylic oxidation sites excluding steroid dienone is 1. The largest absolute Gasteiger partial charge is 0.458 e. The fourth-order valence-electron chi connectivity index (χ4n) is 4.19. The van der Waals surface area contributed by atoms with Gasteiger partial charge in [0.05, 0.1) is 28.1 Å². The number of ether oxygens (including phenoxy) is 2. The first kappa shape index (κ1) is 25.9. The maximum atomic E-state index is 13.7. The number of thiazole rings is 1. The highest BCUT2D eigenvalue weighted by atomic mass is 32.1. The third kappa shape index (κ3) is 5.30. The van der Waals surface area contributed by atoms with Gasteiger partial charge in [0.2, 0.25) is 5.76 Å². The van der Waals surface area contributed by atoms with Crippen molar-refractivity contribution >= 4 is 29.4 Å². The molecule has 1 atom stereocenters. The van der Waals surface area contributed by atoms with Crippen LogP contribution < -0.4 is 19.6 Å². The second-order valence-corrected chi connectivity index (χ2v) is 9.82. The highest BCUT2D eigenvalue weighted by molar-refractivity contribution is 7.07. The quantitative estimate of drug-likeness (QED) is 0.199. The average molecular weight is 541 g/mol. The predicted molar refractivity (Wildman–Crippen MR) is 146 cm³/mol. The summed E-state index contributed by atoms with van der Waals surface area (Å²) >= 11 is 1.25. The number of nitrogens with zero attached hydrogens (tertiary/aromatic N) is 2. The van der Waals surface area contributed by atoms with E-state index in [2.05, 4.69) is 11.6 Å². The maximum Gasteiger partial charge on any atom is 0.379 e. The van der Waals surface area contributed by atoms with Crippen LogP contribution in [-0.2, 0) is 9.53 Å². The number of benzene rings is 2. The zero-order chi connectivity index (χ0) is 27.5. The molecule has 5 rings (SSSR count). The first-order chi connectivity index (χ1) is 18.9. The van der Waals surface area contributed by atoms with Gasteiger partial charge >= 0.3 is 11.9 Å². The second kappa shape index (κ2) is 10.9. The van der Waals surface area contributed by atoms with Crippen molar-refractivity contribution in [3.8, 4) is 5.75 Å². The van der Waals surface area contributed by atoms with Crippen LogP contribution in [0.5, 0.6) is 5.75 Å². The number of furan rings is 1. The summed E-state index contributed by atoms with van der Waals surface area (Å²) in [6.45, 7) is 7.33. The van der Waals surface area contributed by atoms with Crippen LogP contribution >= 0.6 is 11.3 Å². The van der Waals surface area contributed by atoms with E-state index < -0.39 is 18.0 Å². The van der Waals surface area contributed by atoms with E-state index in [1.165, 1.54) is 34.3 Å². The van der Waals surface area contributed by atoms with E-state index in [4.69, 9.17) is 13.9 Å².